The lowest BCUT2D eigenvalue weighted by Crippen LogP contribution is -2.40. The SMILES string of the molecule is CC1(CNC(=O)c2cc([N+](=O)[O-])cnc2N)CCCO1. The van der Waals surface area contributed by atoms with E-state index in [4.69, 9.17) is 10.5 Å². The van der Waals surface area contributed by atoms with E-state index >= 15 is 0 Å². The van der Waals surface area contributed by atoms with E-state index in [-0.39, 0.29) is 17.1 Å². The average molecular weight is 280 g/mol. The summed E-state index contributed by atoms with van der Waals surface area (Å²) in [7, 11) is 0. The Balaban J connectivity index is 2.08. The molecule has 0 aliphatic carbocycles. The molecule has 0 saturated carbocycles. The van der Waals surface area contributed by atoms with Crippen LogP contribution in [0.3, 0.4) is 0 Å². The van der Waals surface area contributed by atoms with Crippen molar-refractivity contribution in [2.75, 3.05) is 18.9 Å². The number of ether oxygens (including phenoxy) is 1. The van der Waals surface area contributed by atoms with Gasteiger partial charge in [0.1, 0.15) is 12.0 Å². The second kappa shape index (κ2) is 5.41. The number of hydrogen-bond acceptors (Lipinski definition) is 6. The zero-order chi connectivity index (χ0) is 14.8. The standard InChI is InChI=1S/C12H16N4O4/c1-12(3-2-4-20-12)7-15-11(17)9-5-8(16(18)19)6-14-10(9)13/h5-6H,2-4,7H2,1H3,(H2,13,14)(H,15,17). The molecule has 8 heteroatoms. The summed E-state index contributed by atoms with van der Waals surface area (Å²) in [5.41, 5.74) is 4.92. The second-order valence-corrected chi connectivity index (χ2v) is 4.97. The van der Waals surface area contributed by atoms with Crippen molar-refractivity contribution in [3.05, 3.63) is 27.9 Å². The van der Waals surface area contributed by atoms with Gasteiger partial charge >= 0.3 is 0 Å². The predicted octanol–water partition coefficient (Wildman–Crippen LogP) is 0.871. The molecule has 2 rings (SSSR count). The van der Waals surface area contributed by atoms with Crippen molar-refractivity contribution >= 4 is 17.4 Å². The minimum absolute atomic E-state index is 0.000738. The topological polar surface area (TPSA) is 120 Å². The Morgan fingerprint density at radius 3 is 3.05 bits per heavy atom. The molecular weight excluding hydrogens is 264 g/mol. The van der Waals surface area contributed by atoms with Crippen LogP contribution in [0.15, 0.2) is 12.3 Å². The lowest BCUT2D eigenvalue weighted by molar-refractivity contribution is -0.385. The van der Waals surface area contributed by atoms with Gasteiger partial charge in [0.2, 0.25) is 0 Å². The molecule has 108 valence electrons. The fraction of sp³-hybridized carbons (Fsp3) is 0.500. The van der Waals surface area contributed by atoms with Crippen LogP contribution in [0.2, 0.25) is 0 Å². The summed E-state index contributed by atoms with van der Waals surface area (Å²) < 4.78 is 5.55. The highest BCUT2D eigenvalue weighted by Gasteiger charge is 2.30. The molecule has 1 amide bonds. The van der Waals surface area contributed by atoms with E-state index in [9.17, 15) is 14.9 Å². The highest BCUT2D eigenvalue weighted by atomic mass is 16.6. The molecule has 1 fully saturated rings. The van der Waals surface area contributed by atoms with Crippen LogP contribution >= 0.6 is 0 Å². The van der Waals surface area contributed by atoms with Crippen LogP contribution in [0, 0.1) is 10.1 Å². The Labute approximate surface area is 115 Å². The first kappa shape index (κ1) is 14.2. The molecule has 0 aromatic carbocycles. The van der Waals surface area contributed by atoms with Crippen LogP contribution in [-0.4, -0.2) is 34.6 Å². The monoisotopic (exact) mass is 280 g/mol. The number of rotatable bonds is 4. The number of pyridine rings is 1. The van der Waals surface area contributed by atoms with E-state index in [0.717, 1.165) is 25.1 Å². The summed E-state index contributed by atoms with van der Waals surface area (Å²) in [5, 5.41) is 13.4. The van der Waals surface area contributed by atoms with Crippen LogP contribution in [0.1, 0.15) is 30.1 Å². The minimum atomic E-state index is -0.620. The highest BCUT2D eigenvalue weighted by Crippen LogP contribution is 2.24. The van der Waals surface area contributed by atoms with Gasteiger partial charge in [0.15, 0.2) is 0 Å². The van der Waals surface area contributed by atoms with Crippen LogP contribution in [0.25, 0.3) is 0 Å². The maximum Gasteiger partial charge on any atom is 0.288 e. The number of hydrogen-bond donors (Lipinski definition) is 2. The molecule has 0 radical (unpaired) electrons. The second-order valence-electron chi connectivity index (χ2n) is 4.97. The third-order valence-corrected chi connectivity index (χ3v) is 3.28. The van der Waals surface area contributed by atoms with Gasteiger partial charge in [-0.05, 0) is 19.8 Å². The van der Waals surface area contributed by atoms with Crippen molar-refractivity contribution < 1.29 is 14.5 Å². The zero-order valence-electron chi connectivity index (χ0n) is 11.1. The third-order valence-electron chi connectivity index (χ3n) is 3.28. The average Bonchev–Trinajstić information content (AvgIpc) is 2.84. The molecule has 1 aromatic rings. The molecule has 0 bridgehead atoms. The number of anilines is 1. The third kappa shape index (κ3) is 3.02. The summed E-state index contributed by atoms with van der Waals surface area (Å²) in [6.45, 7) is 2.91. The van der Waals surface area contributed by atoms with Crippen molar-refractivity contribution in [2.24, 2.45) is 0 Å². The van der Waals surface area contributed by atoms with Gasteiger partial charge in [0.25, 0.3) is 11.6 Å². The van der Waals surface area contributed by atoms with E-state index < -0.39 is 16.4 Å². The van der Waals surface area contributed by atoms with Gasteiger partial charge in [0.05, 0.1) is 16.1 Å². The first-order chi connectivity index (χ1) is 9.41. The normalized spacial score (nSPS) is 21.6. The summed E-state index contributed by atoms with van der Waals surface area (Å²) in [4.78, 5) is 25.8. The van der Waals surface area contributed by atoms with Gasteiger partial charge < -0.3 is 15.8 Å². The molecule has 1 atom stereocenters. The van der Waals surface area contributed by atoms with Crippen LogP contribution in [-0.2, 0) is 4.74 Å². The molecule has 1 aromatic heterocycles. The van der Waals surface area contributed by atoms with Crippen molar-refractivity contribution in [3.8, 4) is 0 Å². The number of nitro groups is 1. The molecule has 1 saturated heterocycles. The van der Waals surface area contributed by atoms with Crippen LogP contribution in [0.5, 0.6) is 0 Å². The Morgan fingerprint density at radius 2 is 2.45 bits per heavy atom. The number of nitrogen functional groups attached to an aromatic ring is 1. The maximum atomic E-state index is 12.0. The van der Waals surface area contributed by atoms with E-state index in [2.05, 4.69) is 10.3 Å². The number of nitrogens with two attached hydrogens (primary N) is 1. The van der Waals surface area contributed by atoms with Gasteiger partial charge in [-0.3, -0.25) is 14.9 Å². The Morgan fingerprint density at radius 1 is 1.70 bits per heavy atom. The zero-order valence-corrected chi connectivity index (χ0v) is 11.1. The minimum Gasteiger partial charge on any atom is -0.383 e. The lowest BCUT2D eigenvalue weighted by atomic mass is 10.0. The molecule has 20 heavy (non-hydrogen) atoms. The molecule has 0 spiro atoms. The Bertz CT molecular complexity index is 540. The fourth-order valence-corrected chi connectivity index (χ4v) is 2.08. The van der Waals surface area contributed by atoms with Crippen molar-refractivity contribution in [1.29, 1.82) is 0 Å². The maximum absolute atomic E-state index is 12.0. The van der Waals surface area contributed by atoms with Gasteiger partial charge in [0, 0.05) is 19.2 Å². The molecule has 8 nitrogen and oxygen atoms in total. The number of carbonyl (C=O) groups excluding carboxylic acids is 1. The summed E-state index contributed by atoms with van der Waals surface area (Å²) in [6.07, 6.45) is 2.83. The van der Waals surface area contributed by atoms with E-state index in [1.165, 1.54) is 0 Å². The Hall–Kier alpha value is -2.22. The number of aromatic nitrogens is 1. The highest BCUT2D eigenvalue weighted by molar-refractivity contribution is 5.98. The first-order valence-electron chi connectivity index (χ1n) is 6.23. The smallest absolute Gasteiger partial charge is 0.288 e. The van der Waals surface area contributed by atoms with E-state index in [1.54, 1.807) is 0 Å². The summed E-state index contributed by atoms with van der Waals surface area (Å²) in [5.74, 6) is -0.527. The first-order valence-corrected chi connectivity index (χ1v) is 6.23. The number of carbonyl (C=O) groups is 1. The van der Waals surface area contributed by atoms with Gasteiger partial charge in [-0.1, -0.05) is 0 Å². The largest absolute Gasteiger partial charge is 0.383 e. The van der Waals surface area contributed by atoms with Gasteiger partial charge in [-0.15, -0.1) is 0 Å². The number of nitrogens with zero attached hydrogens (tertiary/aromatic N) is 2. The molecule has 1 unspecified atom stereocenters. The quantitative estimate of drug-likeness (QED) is 0.623. The molecule has 3 N–H and O–H groups in total. The summed E-state index contributed by atoms with van der Waals surface area (Å²) in [6, 6.07) is 1.12. The lowest BCUT2D eigenvalue weighted by Gasteiger charge is -2.23. The van der Waals surface area contributed by atoms with Crippen molar-refractivity contribution in [1.82, 2.24) is 10.3 Å². The Kier molecular flexibility index (Phi) is 3.84. The predicted molar refractivity (Wildman–Crippen MR) is 71.2 cm³/mol. The van der Waals surface area contributed by atoms with Crippen LogP contribution < -0.4 is 11.1 Å². The van der Waals surface area contributed by atoms with Gasteiger partial charge in [-0.25, -0.2) is 4.98 Å². The molecule has 1 aliphatic heterocycles. The van der Waals surface area contributed by atoms with E-state index in [1.807, 2.05) is 6.92 Å². The number of nitrogens with one attached hydrogen (secondary N) is 1. The summed E-state index contributed by atoms with van der Waals surface area (Å²) >= 11 is 0. The molecular formula is C12H16N4O4. The molecule has 2 heterocycles. The van der Waals surface area contributed by atoms with Crippen molar-refractivity contribution in [2.45, 2.75) is 25.4 Å². The number of amides is 1. The van der Waals surface area contributed by atoms with Gasteiger partial charge in [-0.2, -0.15) is 0 Å². The van der Waals surface area contributed by atoms with Crippen molar-refractivity contribution in [3.63, 3.8) is 0 Å². The molecule has 1 aliphatic rings. The van der Waals surface area contributed by atoms with E-state index in [0.29, 0.717) is 13.2 Å². The van der Waals surface area contributed by atoms with Crippen LogP contribution in [0.4, 0.5) is 11.5 Å². The fourth-order valence-electron chi connectivity index (χ4n) is 2.08.